The van der Waals surface area contributed by atoms with Gasteiger partial charge in [0.25, 0.3) is 0 Å². The van der Waals surface area contributed by atoms with E-state index in [0.29, 0.717) is 11.6 Å². The molecule has 0 amide bonds. The molecule has 3 rings (SSSR count). The highest BCUT2D eigenvalue weighted by molar-refractivity contribution is 5.63. The van der Waals surface area contributed by atoms with Crippen LogP contribution in [-0.2, 0) is 0 Å². The standard InChI is InChI=1S/C16H12FN3O/c1-21-16-9-4-12(10-18-16)15-8-7-14(19-20-15)11-2-5-13(17)6-3-11/h2-10H,1H3. The van der Waals surface area contributed by atoms with Gasteiger partial charge in [0, 0.05) is 23.4 Å². The largest absolute Gasteiger partial charge is 0.481 e. The minimum atomic E-state index is -0.271. The fourth-order valence-corrected chi connectivity index (χ4v) is 1.91. The van der Waals surface area contributed by atoms with Crippen LogP contribution in [0.2, 0.25) is 0 Å². The first-order valence-corrected chi connectivity index (χ1v) is 6.36. The van der Waals surface area contributed by atoms with E-state index >= 15 is 0 Å². The first kappa shape index (κ1) is 13.2. The van der Waals surface area contributed by atoms with E-state index in [4.69, 9.17) is 4.74 Å². The van der Waals surface area contributed by atoms with Crippen molar-refractivity contribution in [2.75, 3.05) is 7.11 Å². The van der Waals surface area contributed by atoms with Crippen LogP contribution in [0.3, 0.4) is 0 Å². The van der Waals surface area contributed by atoms with Crippen LogP contribution in [0.15, 0.2) is 54.7 Å². The van der Waals surface area contributed by atoms with Gasteiger partial charge in [-0.25, -0.2) is 9.37 Å². The van der Waals surface area contributed by atoms with Crippen molar-refractivity contribution in [3.63, 3.8) is 0 Å². The molecule has 0 N–H and O–H groups in total. The molecule has 0 fully saturated rings. The van der Waals surface area contributed by atoms with E-state index in [1.165, 1.54) is 12.1 Å². The van der Waals surface area contributed by atoms with Crippen LogP contribution in [-0.4, -0.2) is 22.3 Å². The Bertz CT molecular complexity index is 725. The smallest absolute Gasteiger partial charge is 0.212 e. The van der Waals surface area contributed by atoms with Crippen molar-refractivity contribution in [3.05, 3.63) is 60.5 Å². The van der Waals surface area contributed by atoms with Gasteiger partial charge in [-0.05, 0) is 42.5 Å². The number of methoxy groups -OCH3 is 1. The lowest BCUT2D eigenvalue weighted by atomic mass is 10.1. The molecular weight excluding hydrogens is 269 g/mol. The lowest BCUT2D eigenvalue weighted by molar-refractivity contribution is 0.398. The van der Waals surface area contributed by atoms with Gasteiger partial charge in [0.2, 0.25) is 5.88 Å². The molecule has 0 aliphatic rings. The van der Waals surface area contributed by atoms with E-state index in [9.17, 15) is 4.39 Å². The van der Waals surface area contributed by atoms with E-state index in [1.54, 1.807) is 31.5 Å². The predicted octanol–water partition coefficient (Wildman–Crippen LogP) is 3.35. The van der Waals surface area contributed by atoms with E-state index in [2.05, 4.69) is 15.2 Å². The molecule has 104 valence electrons. The van der Waals surface area contributed by atoms with Gasteiger partial charge in [-0.15, -0.1) is 10.2 Å². The van der Waals surface area contributed by atoms with E-state index in [1.807, 2.05) is 18.2 Å². The quantitative estimate of drug-likeness (QED) is 0.738. The Morgan fingerprint density at radius 1 is 0.810 bits per heavy atom. The van der Waals surface area contributed by atoms with Crippen LogP contribution >= 0.6 is 0 Å². The first-order valence-electron chi connectivity index (χ1n) is 6.36. The Morgan fingerprint density at radius 2 is 1.43 bits per heavy atom. The second-order valence-electron chi connectivity index (χ2n) is 4.40. The van der Waals surface area contributed by atoms with Gasteiger partial charge in [0.05, 0.1) is 18.5 Å². The zero-order chi connectivity index (χ0) is 14.7. The molecule has 0 aliphatic heterocycles. The van der Waals surface area contributed by atoms with Crippen LogP contribution in [0, 0.1) is 5.82 Å². The molecule has 0 saturated heterocycles. The molecule has 3 aromatic rings. The number of hydrogen-bond donors (Lipinski definition) is 0. The Hall–Kier alpha value is -2.82. The topological polar surface area (TPSA) is 47.9 Å². The number of halogens is 1. The van der Waals surface area contributed by atoms with Gasteiger partial charge in [0.1, 0.15) is 5.82 Å². The first-order chi connectivity index (χ1) is 10.3. The summed E-state index contributed by atoms with van der Waals surface area (Å²) >= 11 is 0. The van der Waals surface area contributed by atoms with Gasteiger partial charge in [-0.2, -0.15) is 0 Å². The molecule has 0 radical (unpaired) electrons. The highest BCUT2D eigenvalue weighted by Gasteiger charge is 2.04. The molecular formula is C16H12FN3O. The van der Waals surface area contributed by atoms with Crippen LogP contribution < -0.4 is 4.74 Å². The van der Waals surface area contributed by atoms with Crippen LogP contribution in [0.5, 0.6) is 5.88 Å². The second kappa shape index (κ2) is 5.66. The lowest BCUT2D eigenvalue weighted by Gasteiger charge is -2.03. The number of pyridine rings is 1. The molecule has 0 saturated carbocycles. The summed E-state index contributed by atoms with van der Waals surface area (Å²) in [7, 11) is 1.57. The van der Waals surface area contributed by atoms with Crippen LogP contribution in [0.4, 0.5) is 4.39 Å². The van der Waals surface area contributed by atoms with Gasteiger partial charge in [-0.3, -0.25) is 0 Å². The third-order valence-corrected chi connectivity index (χ3v) is 3.05. The van der Waals surface area contributed by atoms with Gasteiger partial charge in [0.15, 0.2) is 0 Å². The molecule has 0 aliphatic carbocycles. The highest BCUT2D eigenvalue weighted by atomic mass is 19.1. The van der Waals surface area contributed by atoms with Crippen molar-refractivity contribution in [2.24, 2.45) is 0 Å². The summed E-state index contributed by atoms with van der Waals surface area (Å²) < 4.78 is 17.9. The maximum Gasteiger partial charge on any atom is 0.212 e. The molecule has 0 bridgehead atoms. The number of hydrogen-bond acceptors (Lipinski definition) is 4. The third-order valence-electron chi connectivity index (χ3n) is 3.05. The Balaban J connectivity index is 1.87. The van der Waals surface area contributed by atoms with Crippen molar-refractivity contribution >= 4 is 0 Å². The average Bonchev–Trinajstić information content (AvgIpc) is 2.56. The number of ether oxygens (including phenoxy) is 1. The number of nitrogens with zero attached hydrogens (tertiary/aromatic N) is 3. The maximum absolute atomic E-state index is 12.9. The third kappa shape index (κ3) is 2.86. The minimum Gasteiger partial charge on any atom is -0.481 e. The maximum atomic E-state index is 12.9. The normalized spacial score (nSPS) is 10.4. The fourth-order valence-electron chi connectivity index (χ4n) is 1.91. The van der Waals surface area contributed by atoms with Crippen molar-refractivity contribution in [2.45, 2.75) is 0 Å². The molecule has 5 heteroatoms. The van der Waals surface area contributed by atoms with Crippen molar-refractivity contribution in [1.29, 1.82) is 0 Å². The molecule has 4 nitrogen and oxygen atoms in total. The summed E-state index contributed by atoms with van der Waals surface area (Å²) in [4.78, 5) is 4.13. The lowest BCUT2D eigenvalue weighted by Crippen LogP contribution is -1.92. The molecule has 2 aromatic heterocycles. The van der Waals surface area contributed by atoms with Crippen LogP contribution in [0.25, 0.3) is 22.5 Å². The van der Waals surface area contributed by atoms with Crippen molar-refractivity contribution in [1.82, 2.24) is 15.2 Å². The van der Waals surface area contributed by atoms with Gasteiger partial charge in [-0.1, -0.05) is 0 Å². The van der Waals surface area contributed by atoms with E-state index in [0.717, 1.165) is 16.8 Å². The number of aromatic nitrogens is 3. The highest BCUT2D eigenvalue weighted by Crippen LogP contribution is 2.21. The Labute approximate surface area is 121 Å². The second-order valence-corrected chi connectivity index (χ2v) is 4.40. The molecule has 0 spiro atoms. The Morgan fingerprint density at radius 3 is 1.95 bits per heavy atom. The molecule has 2 heterocycles. The SMILES string of the molecule is COc1ccc(-c2ccc(-c3ccc(F)cc3)nn2)cn1. The van der Waals surface area contributed by atoms with E-state index in [-0.39, 0.29) is 5.82 Å². The summed E-state index contributed by atoms with van der Waals surface area (Å²) in [5, 5.41) is 8.34. The van der Waals surface area contributed by atoms with Gasteiger partial charge >= 0.3 is 0 Å². The molecule has 0 unspecified atom stereocenters. The van der Waals surface area contributed by atoms with Crippen LogP contribution in [0.1, 0.15) is 0 Å². The average molecular weight is 281 g/mol. The zero-order valence-electron chi connectivity index (χ0n) is 11.3. The predicted molar refractivity (Wildman–Crippen MR) is 77.2 cm³/mol. The number of rotatable bonds is 3. The summed E-state index contributed by atoms with van der Waals surface area (Å²) in [6.07, 6.45) is 1.68. The Kier molecular flexibility index (Phi) is 3.55. The summed E-state index contributed by atoms with van der Waals surface area (Å²) in [5.74, 6) is 0.280. The van der Waals surface area contributed by atoms with Crippen molar-refractivity contribution < 1.29 is 9.13 Å². The fraction of sp³-hybridized carbons (Fsp3) is 0.0625. The summed E-state index contributed by atoms with van der Waals surface area (Å²) in [5.41, 5.74) is 3.09. The molecule has 21 heavy (non-hydrogen) atoms. The monoisotopic (exact) mass is 281 g/mol. The zero-order valence-corrected chi connectivity index (χ0v) is 11.3. The summed E-state index contributed by atoms with van der Waals surface area (Å²) in [6.45, 7) is 0. The van der Waals surface area contributed by atoms with Crippen molar-refractivity contribution in [3.8, 4) is 28.4 Å². The van der Waals surface area contributed by atoms with Gasteiger partial charge < -0.3 is 4.74 Å². The summed E-state index contributed by atoms with van der Waals surface area (Å²) in [6, 6.07) is 13.5. The minimum absolute atomic E-state index is 0.271. The molecule has 1 aromatic carbocycles. The molecule has 0 atom stereocenters. The van der Waals surface area contributed by atoms with E-state index < -0.39 is 0 Å². The number of benzene rings is 1.